The maximum Gasteiger partial charge on any atom is 0.265 e. The molecule has 1 fully saturated rings. The Morgan fingerprint density at radius 2 is 1.83 bits per heavy atom. The predicted octanol–water partition coefficient (Wildman–Crippen LogP) is 3.25. The van der Waals surface area contributed by atoms with Gasteiger partial charge in [-0.25, -0.2) is 0 Å². The minimum atomic E-state index is -0.200. The first-order chi connectivity index (χ1) is 11.5. The van der Waals surface area contributed by atoms with E-state index >= 15 is 0 Å². The fourth-order valence-corrected chi connectivity index (χ4v) is 3.50. The molecule has 126 valence electrons. The van der Waals surface area contributed by atoms with Crippen LogP contribution in [0.25, 0.3) is 0 Å². The predicted molar refractivity (Wildman–Crippen MR) is 94.6 cm³/mol. The van der Waals surface area contributed by atoms with Gasteiger partial charge in [0.15, 0.2) is 0 Å². The zero-order valence-electron chi connectivity index (χ0n) is 13.7. The molecule has 3 rings (SSSR count). The highest BCUT2D eigenvalue weighted by Gasteiger charge is 2.28. The van der Waals surface area contributed by atoms with Crippen molar-refractivity contribution in [3.05, 3.63) is 52.2 Å². The molecule has 0 aliphatic carbocycles. The molecule has 1 N–H and O–H groups in total. The molecule has 6 heteroatoms. The number of carbonyl (C=O) groups is 2. The summed E-state index contributed by atoms with van der Waals surface area (Å²) in [6, 6.07) is 10.7. The Kier molecular flexibility index (Phi) is 4.97. The summed E-state index contributed by atoms with van der Waals surface area (Å²) in [4.78, 5) is 27.6. The molecule has 1 aliphatic rings. The number of amides is 2. The molecule has 24 heavy (non-hydrogen) atoms. The fraction of sp³-hybridized carbons (Fsp3) is 0.333. The van der Waals surface area contributed by atoms with Gasteiger partial charge in [-0.05, 0) is 37.4 Å². The number of nitrogens with one attached hydrogen (secondary N) is 1. The highest BCUT2D eigenvalue weighted by Crippen LogP contribution is 2.21. The van der Waals surface area contributed by atoms with Crippen LogP contribution >= 0.6 is 11.3 Å². The van der Waals surface area contributed by atoms with Gasteiger partial charge in [0.05, 0.1) is 28.3 Å². The molecule has 2 aromatic rings. The molecule has 5 nitrogen and oxygen atoms in total. The molecule has 0 bridgehead atoms. The molecule has 0 radical (unpaired) electrons. The molecule has 0 saturated carbocycles. The van der Waals surface area contributed by atoms with Crippen molar-refractivity contribution in [1.82, 2.24) is 4.90 Å². The molecule has 1 aromatic heterocycles. The van der Waals surface area contributed by atoms with Gasteiger partial charge in [-0.15, -0.1) is 11.3 Å². The number of para-hydroxylation sites is 1. The van der Waals surface area contributed by atoms with E-state index in [9.17, 15) is 9.59 Å². The van der Waals surface area contributed by atoms with Crippen LogP contribution in [0, 0.1) is 0 Å². The SMILES string of the molecule is C[C@@H]1CN(C(=O)c2ccccc2NC(=O)c2cccs2)C[C@H](C)O1. The van der Waals surface area contributed by atoms with Gasteiger partial charge in [-0.1, -0.05) is 18.2 Å². The molecule has 2 atom stereocenters. The summed E-state index contributed by atoms with van der Waals surface area (Å²) in [5.74, 6) is -0.284. The van der Waals surface area contributed by atoms with Crippen molar-refractivity contribution >= 4 is 28.8 Å². The van der Waals surface area contributed by atoms with Gasteiger partial charge < -0.3 is 15.0 Å². The Morgan fingerprint density at radius 1 is 1.12 bits per heavy atom. The second-order valence-electron chi connectivity index (χ2n) is 5.94. The van der Waals surface area contributed by atoms with E-state index in [4.69, 9.17) is 4.74 Å². The number of thiophene rings is 1. The molecule has 2 heterocycles. The third-order valence-corrected chi connectivity index (χ3v) is 4.73. The second kappa shape index (κ2) is 7.15. The fourth-order valence-electron chi connectivity index (χ4n) is 2.88. The summed E-state index contributed by atoms with van der Waals surface area (Å²) in [6.07, 6.45) is 0.0103. The highest BCUT2D eigenvalue weighted by molar-refractivity contribution is 7.12. The van der Waals surface area contributed by atoms with Crippen molar-refractivity contribution in [3.8, 4) is 0 Å². The van der Waals surface area contributed by atoms with Crippen molar-refractivity contribution in [2.24, 2.45) is 0 Å². The number of nitrogens with zero attached hydrogens (tertiary/aromatic N) is 1. The summed E-state index contributed by atoms with van der Waals surface area (Å²) in [5, 5.41) is 4.70. The Hall–Kier alpha value is -2.18. The van der Waals surface area contributed by atoms with Crippen LogP contribution in [0.4, 0.5) is 5.69 Å². The maximum atomic E-state index is 12.9. The lowest BCUT2D eigenvalue weighted by Gasteiger charge is -2.35. The normalized spacial score (nSPS) is 20.7. The monoisotopic (exact) mass is 344 g/mol. The van der Waals surface area contributed by atoms with Gasteiger partial charge in [-0.3, -0.25) is 9.59 Å². The highest BCUT2D eigenvalue weighted by atomic mass is 32.1. The molecule has 1 aromatic carbocycles. The summed E-state index contributed by atoms with van der Waals surface area (Å²) < 4.78 is 5.68. The minimum Gasteiger partial charge on any atom is -0.372 e. The average Bonchev–Trinajstić information content (AvgIpc) is 3.08. The third-order valence-electron chi connectivity index (χ3n) is 3.86. The Balaban J connectivity index is 1.81. The standard InChI is InChI=1S/C18H20N2O3S/c1-12-10-20(11-13(2)23-12)18(22)14-6-3-4-7-15(14)19-17(21)16-8-5-9-24-16/h3-9,12-13H,10-11H2,1-2H3,(H,19,21)/t12-,13+. The molecular weight excluding hydrogens is 324 g/mol. The quantitative estimate of drug-likeness (QED) is 0.930. The van der Waals surface area contributed by atoms with E-state index < -0.39 is 0 Å². The largest absolute Gasteiger partial charge is 0.372 e. The summed E-state index contributed by atoms with van der Waals surface area (Å²) in [5.41, 5.74) is 1.04. The number of ether oxygens (including phenoxy) is 1. The van der Waals surface area contributed by atoms with E-state index in [0.717, 1.165) is 0 Å². The van der Waals surface area contributed by atoms with Gasteiger partial charge in [0.25, 0.3) is 11.8 Å². The van der Waals surface area contributed by atoms with E-state index in [2.05, 4.69) is 5.32 Å². The lowest BCUT2D eigenvalue weighted by Crippen LogP contribution is -2.48. The zero-order valence-corrected chi connectivity index (χ0v) is 14.5. The van der Waals surface area contributed by atoms with Crippen LogP contribution in [0.15, 0.2) is 41.8 Å². The van der Waals surface area contributed by atoms with E-state index in [-0.39, 0.29) is 24.0 Å². The van der Waals surface area contributed by atoms with Crippen molar-refractivity contribution in [1.29, 1.82) is 0 Å². The Bertz CT molecular complexity index is 720. The van der Waals surface area contributed by atoms with Gasteiger partial charge >= 0.3 is 0 Å². The lowest BCUT2D eigenvalue weighted by atomic mass is 10.1. The number of carbonyl (C=O) groups excluding carboxylic acids is 2. The van der Waals surface area contributed by atoms with Crippen molar-refractivity contribution in [2.45, 2.75) is 26.1 Å². The Morgan fingerprint density at radius 3 is 2.50 bits per heavy atom. The van der Waals surface area contributed by atoms with Crippen LogP contribution in [-0.2, 0) is 4.74 Å². The van der Waals surface area contributed by atoms with Gasteiger partial charge in [0.2, 0.25) is 0 Å². The molecule has 2 amide bonds. The van der Waals surface area contributed by atoms with Crippen LogP contribution in [0.2, 0.25) is 0 Å². The number of anilines is 1. The number of hydrogen-bond acceptors (Lipinski definition) is 4. The van der Waals surface area contributed by atoms with Crippen LogP contribution in [0.3, 0.4) is 0 Å². The molecule has 0 spiro atoms. The van der Waals surface area contributed by atoms with E-state index in [1.165, 1.54) is 11.3 Å². The van der Waals surface area contributed by atoms with E-state index in [1.807, 2.05) is 31.4 Å². The lowest BCUT2D eigenvalue weighted by molar-refractivity contribution is -0.0585. The van der Waals surface area contributed by atoms with Crippen LogP contribution in [0.1, 0.15) is 33.9 Å². The van der Waals surface area contributed by atoms with Gasteiger partial charge in [-0.2, -0.15) is 0 Å². The third kappa shape index (κ3) is 3.66. The van der Waals surface area contributed by atoms with Crippen molar-refractivity contribution in [3.63, 3.8) is 0 Å². The number of rotatable bonds is 3. The number of hydrogen-bond donors (Lipinski definition) is 1. The summed E-state index contributed by atoms with van der Waals surface area (Å²) in [7, 11) is 0. The molecule has 1 saturated heterocycles. The molecule has 1 aliphatic heterocycles. The smallest absolute Gasteiger partial charge is 0.265 e. The van der Waals surface area contributed by atoms with E-state index in [0.29, 0.717) is 29.2 Å². The number of benzene rings is 1. The van der Waals surface area contributed by atoms with Crippen molar-refractivity contribution < 1.29 is 14.3 Å². The van der Waals surface area contributed by atoms with Crippen LogP contribution in [-0.4, -0.2) is 42.0 Å². The summed E-state index contributed by atoms with van der Waals surface area (Å²) >= 11 is 1.37. The maximum absolute atomic E-state index is 12.9. The zero-order chi connectivity index (χ0) is 17.1. The summed E-state index contributed by atoms with van der Waals surface area (Å²) in [6.45, 7) is 5.02. The van der Waals surface area contributed by atoms with Gasteiger partial charge in [0.1, 0.15) is 0 Å². The average molecular weight is 344 g/mol. The molecule has 0 unspecified atom stereocenters. The Labute approximate surface area is 145 Å². The van der Waals surface area contributed by atoms with Gasteiger partial charge in [0, 0.05) is 13.1 Å². The number of morpholine rings is 1. The van der Waals surface area contributed by atoms with Crippen LogP contribution in [0.5, 0.6) is 0 Å². The second-order valence-corrected chi connectivity index (χ2v) is 6.89. The molecular formula is C18H20N2O3S. The minimum absolute atomic E-state index is 0.00516. The first-order valence-electron chi connectivity index (χ1n) is 7.93. The van der Waals surface area contributed by atoms with Crippen molar-refractivity contribution in [2.75, 3.05) is 18.4 Å². The van der Waals surface area contributed by atoms with Crippen LogP contribution < -0.4 is 5.32 Å². The first-order valence-corrected chi connectivity index (χ1v) is 8.81. The first kappa shape index (κ1) is 16.7. The topological polar surface area (TPSA) is 58.6 Å². The van der Waals surface area contributed by atoms with E-state index in [1.54, 1.807) is 29.2 Å².